The molecule has 4 amide bonds. The molecule has 0 fully saturated rings. The molecule has 33 heavy (non-hydrogen) atoms. The van der Waals surface area contributed by atoms with Gasteiger partial charge in [-0.1, -0.05) is 12.1 Å². The van der Waals surface area contributed by atoms with Gasteiger partial charge in [-0.15, -0.1) is 0 Å². The van der Waals surface area contributed by atoms with E-state index in [2.05, 4.69) is 16.0 Å². The van der Waals surface area contributed by atoms with Gasteiger partial charge >= 0.3 is 12.1 Å². The molecule has 3 aromatic rings. The Morgan fingerprint density at radius 2 is 1.67 bits per heavy atom. The second-order valence-corrected chi connectivity index (χ2v) is 7.27. The Labute approximate surface area is 192 Å². The quantitative estimate of drug-likeness (QED) is 0.430. The molecule has 7 nitrogen and oxygen atoms in total. The lowest BCUT2D eigenvalue weighted by Crippen LogP contribution is -2.42. The molecular weight excluding hydrogens is 423 g/mol. The third-order valence-corrected chi connectivity index (χ3v) is 4.70. The molecule has 0 unspecified atom stereocenters. The maximum atomic E-state index is 13.4. The van der Waals surface area contributed by atoms with Crippen molar-refractivity contribution in [2.75, 3.05) is 35.2 Å². The van der Waals surface area contributed by atoms with Crippen molar-refractivity contribution in [3.05, 3.63) is 84.2 Å². The molecule has 8 heteroatoms. The summed E-state index contributed by atoms with van der Waals surface area (Å²) < 4.78 is 18.8. The van der Waals surface area contributed by atoms with Crippen molar-refractivity contribution in [2.24, 2.45) is 0 Å². The molecule has 0 aromatic heterocycles. The standard InChI is InChI=1S/C25H27FN4O3/c1-3-33-23-13-9-20(10-14-23)29-25(32)30(22-11-7-19(26)8-12-22)16-15-27-24(31)28-21-6-4-5-18(2)17-21/h4-14,17H,3,15-16H2,1-2H3,(H,29,32)(H2,27,28,31). The first-order chi connectivity index (χ1) is 15.9. The zero-order valence-electron chi connectivity index (χ0n) is 18.6. The molecule has 3 aromatic carbocycles. The van der Waals surface area contributed by atoms with Gasteiger partial charge in [-0.3, -0.25) is 4.90 Å². The van der Waals surface area contributed by atoms with Gasteiger partial charge in [0.1, 0.15) is 11.6 Å². The van der Waals surface area contributed by atoms with E-state index in [1.54, 1.807) is 30.3 Å². The van der Waals surface area contributed by atoms with Crippen LogP contribution >= 0.6 is 0 Å². The molecule has 0 heterocycles. The van der Waals surface area contributed by atoms with Crippen molar-refractivity contribution in [2.45, 2.75) is 13.8 Å². The van der Waals surface area contributed by atoms with Crippen LogP contribution in [0.4, 0.5) is 31.0 Å². The number of ether oxygens (including phenoxy) is 1. The van der Waals surface area contributed by atoms with Gasteiger partial charge in [-0.25, -0.2) is 14.0 Å². The van der Waals surface area contributed by atoms with E-state index in [9.17, 15) is 14.0 Å². The Kier molecular flexibility index (Phi) is 8.24. The van der Waals surface area contributed by atoms with Crippen molar-refractivity contribution in [1.82, 2.24) is 5.32 Å². The number of nitrogens with zero attached hydrogens (tertiary/aromatic N) is 1. The molecule has 0 radical (unpaired) electrons. The van der Waals surface area contributed by atoms with Crippen molar-refractivity contribution >= 4 is 29.1 Å². The smallest absolute Gasteiger partial charge is 0.326 e. The van der Waals surface area contributed by atoms with Crippen LogP contribution in [0, 0.1) is 12.7 Å². The predicted molar refractivity (Wildman–Crippen MR) is 129 cm³/mol. The van der Waals surface area contributed by atoms with Crippen molar-refractivity contribution < 1.29 is 18.7 Å². The van der Waals surface area contributed by atoms with E-state index >= 15 is 0 Å². The van der Waals surface area contributed by atoms with Gasteiger partial charge in [0.25, 0.3) is 0 Å². The first-order valence-electron chi connectivity index (χ1n) is 10.6. The van der Waals surface area contributed by atoms with Crippen LogP contribution in [-0.2, 0) is 0 Å². The topological polar surface area (TPSA) is 82.7 Å². The van der Waals surface area contributed by atoms with Gasteiger partial charge in [0, 0.05) is 30.2 Å². The summed E-state index contributed by atoms with van der Waals surface area (Å²) in [7, 11) is 0. The number of rotatable bonds is 8. The predicted octanol–water partition coefficient (Wildman–Crippen LogP) is 5.39. The SMILES string of the molecule is CCOc1ccc(NC(=O)N(CCNC(=O)Nc2cccc(C)c2)c2ccc(F)cc2)cc1. The van der Waals surface area contributed by atoms with Gasteiger partial charge in [-0.05, 0) is 80.1 Å². The third kappa shape index (κ3) is 7.24. The van der Waals surface area contributed by atoms with Crippen LogP contribution in [-0.4, -0.2) is 31.8 Å². The molecule has 0 aliphatic carbocycles. The summed E-state index contributed by atoms with van der Waals surface area (Å²) in [5, 5.41) is 8.32. The van der Waals surface area contributed by atoms with Crippen LogP contribution < -0.4 is 25.6 Å². The van der Waals surface area contributed by atoms with Crippen LogP contribution in [0.1, 0.15) is 12.5 Å². The van der Waals surface area contributed by atoms with Crippen LogP contribution in [0.3, 0.4) is 0 Å². The number of nitrogens with one attached hydrogen (secondary N) is 3. The average Bonchev–Trinajstić information content (AvgIpc) is 2.79. The number of anilines is 3. The second-order valence-electron chi connectivity index (χ2n) is 7.27. The molecule has 0 bridgehead atoms. The molecule has 0 aliphatic heterocycles. The van der Waals surface area contributed by atoms with Crippen LogP contribution in [0.5, 0.6) is 5.75 Å². The van der Waals surface area contributed by atoms with Gasteiger partial charge in [0.05, 0.1) is 6.61 Å². The van der Waals surface area contributed by atoms with Crippen LogP contribution in [0.15, 0.2) is 72.8 Å². The number of urea groups is 2. The fourth-order valence-electron chi connectivity index (χ4n) is 3.14. The van der Waals surface area contributed by atoms with Crippen LogP contribution in [0.25, 0.3) is 0 Å². The average molecular weight is 451 g/mol. The number of benzene rings is 3. The molecule has 0 saturated carbocycles. The minimum absolute atomic E-state index is 0.176. The minimum Gasteiger partial charge on any atom is -0.494 e. The highest BCUT2D eigenvalue weighted by atomic mass is 19.1. The van der Waals surface area contributed by atoms with Gasteiger partial charge in [0.2, 0.25) is 0 Å². The summed E-state index contributed by atoms with van der Waals surface area (Å²) in [6, 6.07) is 19.2. The Morgan fingerprint density at radius 3 is 2.33 bits per heavy atom. The molecule has 0 atom stereocenters. The molecule has 172 valence electrons. The zero-order chi connectivity index (χ0) is 23.6. The number of hydrogen-bond donors (Lipinski definition) is 3. The van der Waals surface area contributed by atoms with E-state index < -0.39 is 11.8 Å². The summed E-state index contributed by atoms with van der Waals surface area (Å²) in [6.45, 7) is 4.74. The number of carbonyl (C=O) groups is 2. The monoisotopic (exact) mass is 450 g/mol. The largest absolute Gasteiger partial charge is 0.494 e. The van der Waals surface area contributed by atoms with Crippen LogP contribution in [0.2, 0.25) is 0 Å². The summed E-state index contributed by atoms with van der Waals surface area (Å²) >= 11 is 0. The highest BCUT2D eigenvalue weighted by Crippen LogP contribution is 2.19. The minimum atomic E-state index is -0.410. The van der Waals surface area contributed by atoms with Crippen molar-refractivity contribution in [3.8, 4) is 5.75 Å². The molecule has 3 rings (SSSR count). The van der Waals surface area contributed by atoms with E-state index in [0.717, 1.165) is 5.56 Å². The summed E-state index contributed by atoms with van der Waals surface area (Å²) in [6.07, 6.45) is 0. The normalized spacial score (nSPS) is 10.3. The number of amides is 4. The number of carbonyl (C=O) groups excluding carboxylic acids is 2. The van der Waals surface area contributed by atoms with E-state index in [1.807, 2.05) is 32.0 Å². The van der Waals surface area contributed by atoms with E-state index in [4.69, 9.17) is 4.74 Å². The molecule has 3 N–H and O–H groups in total. The molecular formula is C25H27FN4O3. The lowest BCUT2D eigenvalue weighted by atomic mass is 10.2. The molecule has 0 aliphatic rings. The maximum absolute atomic E-state index is 13.4. The fraction of sp³-hybridized carbons (Fsp3) is 0.200. The highest BCUT2D eigenvalue weighted by molar-refractivity contribution is 6.01. The van der Waals surface area contributed by atoms with E-state index in [0.29, 0.717) is 29.4 Å². The van der Waals surface area contributed by atoms with Crippen molar-refractivity contribution in [3.63, 3.8) is 0 Å². The molecule has 0 spiro atoms. The zero-order valence-corrected chi connectivity index (χ0v) is 18.6. The second kappa shape index (κ2) is 11.5. The first-order valence-corrected chi connectivity index (χ1v) is 10.6. The lowest BCUT2D eigenvalue weighted by Gasteiger charge is -2.23. The highest BCUT2D eigenvalue weighted by Gasteiger charge is 2.16. The summed E-state index contributed by atoms with van der Waals surface area (Å²) in [4.78, 5) is 26.6. The Balaban J connectivity index is 1.63. The van der Waals surface area contributed by atoms with Crippen molar-refractivity contribution in [1.29, 1.82) is 0 Å². The fourth-order valence-corrected chi connectivity index (χ4v) is 3.14. The Bertz CT molecular complexity index is 1070. The summed E-state index contributed by atoms with van der Waals surface area (Å²) in [5.41, 5.74) is 2.79. The maximum Gasteiger partial charge on any atom is 0.326 e. The molecule has 0 saturated heterocycles. The summed E-state index contributed by atoms with van der Waals surface area (Å²) in [5.74, 6) is 0.302. The number of halogens is 1. The van der Waals surface area contributed by atoms with E-state index in [1.165, 1.54) is 29.2 Å². The Hall–Kier alpha value is -4.07. The third-order valence-electron chi connectivity index (χ3n) is 4.70. The van der Waals surface area contributed by atoms with Gasteiger partial charge in [-0.2, -0.15) is 0 Å². The Morgan fingerprint density at radius 1 is 0.939 bits per heavy atom. The van der Waals surface area contributed by atoms with Gasteiger partial charge in [0.15, 0.2) is 0 Å². The number of aryl methyl sites for hydroxylation is 1. The van der Waals surface area contributed by atoms with Gasteiger partial charge < -0.3 is 20.7 Å². The first kappa shape index (κ1) is 23.6. The lowest BCUT2D eigenvalue weighted by molar-refractivity contribution is 0.250. The van der Waals surface area contributed by atoms with E-state index in [-0.39, 0.29) is 19.1 Å². The number of hydrogen-bond acceptors (Lipinski definition) is 3.